The van der Waals surface area contributed by atoms with E-state index in [-0.39, 0.29) is 36.5 Å². The van der Waals surface area contributed by atoms with E-state index in [0.29, 0.717) is 24.8 Å². The summed E-state index contributed by atoms with van der Waals surface area (Å²) in [5, 5.41) is 2.70. The van der Waals surface area contributed by atoms with Crippen LogP contribution in [0, 0.1) is 5.92 Å². The Balaban J connectivity index is 0.00000312. The number of carbonyl (C=O) groups is 1. The van der Waals surface area contributed by atoms with Gasteiger partial charge in [0.05, 0.1) is 6.54 Å². The van der Waals surface area contributed by atoms with E-state index in [1.807, 2.05) is 31.2 Å². The van der Waals surface area contributed by atoms with Crippen LogP contribution in [0.5, 0.6) is 5.75 Å². The van der Waals surface area contributed by atoms with Gasteiger partial charge < -0.3 is 20.7 Å². The Kier molecular flexibility index (Phi) is 9.62. The highest BCUT2D eigenvalue weighted by Crippen LogP contribution is 2.17. The number of hydrogen-bond acceptors (Lipinski definition) is 3. The fourth-order valence-electron chi connectivity index (χ4n) is 2.64. The van der Waals surface area contributed by atoms with Crippen LogP contribution < -0.4 is 15.8 Å². The maximum absolute atomic E-state index is 11.4. The lowest BCUT2D eigenvalue weighted by Crippen LogP contribution is -2.42. The van der Waals surface area contributed by atoms with Gasteiger partial charge in [-0.2, -0.15) is 0 Å². The molecule has 0 atom stereocenters. The molecule has 2 rings (SSSR count). The van der Waals surface area contributed by atoms with Crippen molar-refractivity contribution in [2.75, 3.05) is 26.2 Å². The van der Waals surface area contributed by atoms with Gasteiger partial charge >= 0.3 is 0 Å². The van der Waals surface area contributed by atoms with E-state index in [4.69, 9.17) is 10.5 Å². The van der Waals surface area contributed by atoms with Crippen LogP contribution in [0.1, 0.15) is 32.3 Å². The molecule has 140 valence electrons. The molecule has 7 heteroatoms. The number of nitrogens with two attached hydrogens (primary N) is 1. The topological polar surface area (TPSA) is 79.9 Å². The predicted molar refractivity (Wildman–Crippen MR) is 111 cm³/mol. The van der Waals surface area contributed by atoms with Crippen molar-refractivity contribution in [3.8, 4) is 5.75 Å². The van der Waals surface area contributed by atoms with Crippen molar-refractivity contribution in [1.82, 2.24) is 10.2 Å². The van der Waals surface area contributed by atoms with E-state index >= 15 is 0 Å². The van der Waals surface area contributed by atoms with E-state index in [9.17, 15) is 4.79 Å². The summed E-state index contributed by atoms with van der Waals surface area (Å²) in [6.45, 7) is 7.25. The average molecular weight is 460 g/mol. The number of benzene rings is 1. The minimum absolute atomic E-state index is 0. The smallest absolute Gasteiger partial charge is 0.257 e. The number of piperidine rings is 1. The molecule has 1 amide bonds. The zero-order chi connectivity index (χ0) is 17.4. The first-order valence-electron chi connectivity index (χ1n) is 8.61. The van der Waals surface area contributed by atoms with Crippen LogP contribution in [0.3, 0.4) is 0 Å². The number of ether oxygens (including phenoxy) is 1. The summed E-state index contributed by atoms with van der Waals surface area (Å²) < 4.78 is 5.49. The summed E-state index contributed by atoms with van der Waals surface area (Å²) in [5.41, 5.74) is 7.11. The lowest BCUT2D eigenvalue weighted by atomic mass is 10.00. The Bertz CT molecular complexity index is 572. The second-order valence-corrected chi connectivity index (χ2v) is 6.23. The van der Waals surface area contributed by atoms with Crippen LogP contribution in [-0.4, -0.2) is 43.0 Å². The molecule has 0 unspecified atom stereocenters. The zero-order valence-electron chi connectivity index (χ0n) is 15.0. The molecule has 3 N–H and O–H groups in total. The van der Waals surface area contributed by atoms with Crippen LogP contribution in [-0.2, 0) is 11.3 Å². The van der Waals surface area contributed by atoms with Crippen LogP contribution in [0.25, 0.3) is 0 Å². The average Bonchev–Trinajstić information content (AvgIpc) is 2.59. The van der Waals surface area contributed by atoms with E-state index in [0.717, 1.165) is 24.6 Å². The summed E-state index contributed by atoms with van der Waals surface area (Å²) in [6, 6.07) is 7.61. The SMILES string of the molecule is CCNC(=O)COc1cccc(CN=C(N)N2CCC(C)CC2)c1.I. The Morgan fingerprint density at radius 2 is 2.12 bits per heavy atom. The van der Waals surface area contributed by atoms with Gasteiger partial charge in [-0.05, 0) is 43.4 Å². The number of amides is 1. The predicted octanol–water partition coefficient (Wildman–Crippen LogP) is 2.37. The molecule has 0 spiro atoms. The van der Waals surface area contributed by atoms with E-state index in [2.05, 4.69) is 22.1 Å². The normalized spacial score (nSPS) is 15.4. The number of halogens is 1. The van der Waals surface area contributed by atoms with Crippen LogP contribution >= 0.6 is 24.0 Å². The largest absolute Gasteiger partial charge is 0.484 e. The van der Waals surface area contributed by atoms with Gasteiger partial charge in [0, 0.05) is 19.6 Å². The fraction of sp³-hybridized carbons (Fsp3) is 0.556. The second-order valence-electron chi connectivity index (χ2n) is 6.23. The molecule has 25 heavy (non-hydrogen) atoms. The van der Waals surface area contributed by atoms with Gasteiger partial charge in [0.15, 0.2) is 12.6 Å². The Morgan fingerprint density at radius 1 is 1.40 bits per heavy atom. The first-order chi connectivity index (χ1) is 11.6. The molecule has 1 aliphatic rings. The Hall–Kier alpha value is -1.51. The first-order valence-corrected chi connectivity index (χ1v) is 8.61. The quantitative estimate of drug-likeness (QED) is 0.388. The highest BCUT2D eigenvalue weighted by molar-refractivity contribution is 14.0. The Labute approximate surface area is 167 Å². The number of carbonyl (C=O) groups excluding carboxylic acids is 1. The first kappa shape index (κ1) is 21.5. The second kappa shape index (κ2) is 11.2. The summed E-state index contributed by atoms with van der Waals surface area (Å²) in [7, 11) is 0. The molecule has 0 aliphatic carbocycles. The maximum atomic E-state index is 11.4. The van der Waals surface area contributed by atoms with E-state index < -0.39 is 0 Å². The molecule has 1 heterocycles. The van der Waals surface area contributed by atoms with E-state index in [1.54, 1.807) is 0 Å². The summed E-state index contributed by atoms with van der Waals surface area (Å²) in [4.78, 5) is 18.1. The van der Waals surface area contributed by atoms with Crippen LogP contribution in [0.15, 0.2) is 29.3 Å². The molecule has 0 bridgehead atoms. The van der Waals surface area contributed by atoms with Crippen LogP contribution in [0.2, 0.25) is 0 Å². The molecule has 1 aromatic rings. The summed E-state index contributed by atoms with van der Waals surface area (Å²) >= 11 is 0. The molecular weight excluding hydrogens is 431 g/mol. The highest BCUT2D eigenvalue weighted by Gasteiger charge is 2.16. The Morgan fingerprint density at radius 3 is 2.80 bits per heavy atom. The van der Waals surface area contributed by atoms with Gasteiger partial charge in [0.25, 0.3) is 5.91 Å². The number of rotatable bonds is 6. The minimum atomic E-state index is -0.121. The standard InChI is InChI=1S/C18H28N4O2.HI/c1-3-20-17(23)13-24-16-6-4-5-15(11-16)12-21-18(19)22-9-7-14(2)8-10-22;/h4-6,11,14H,3,7-10,12-13H2,1-2H3,(H2,19,21)(H,20,23);1H. The van der Waals surface area contributed by atoms with Gasteiger partial charge in [-0.25, -0.2) is 4.99 Å². The van der Waals surface area contributed by atoms with Crippen molar-refractivity contribution in [2.45, 2.75) is 33.2 Å². The third-order valence-corrected chi connectivity index (χ3v) is 4.17. The lowest BCUT2D eigenvalue weighted by molar-refractivity contribution is -0.122. The monoisotopic (exact) mass is 460 g/mol. The number of guanidine groups is 1. The van der Waals surface area contributed by atoms with E-state index in [1.165, 1.54) is 12.8 Å². The molecule has 1 aromatic carbocycles. The highest BCUT2D eigenvalue weighted by atomic mass is 127. The zero-order valence-corrected chi connectivity index (χ0v) is 17.4. The maximum Gasteiger partial charge on any atom is 0.257 e. The lowest BCUT2D eigenvalue weighted by Gasteiger charge is -2.31. The molecule has 0 radical (unpaired) electrons. The number of likely N-dealkylation sites (N-methyl/N-ethyl adjacent to an activating group) is 1. The summed E-state index contributed by atoms with van der Waals surface area (Å²) in [6.07, 6.45) is 2.33. The number of likely N-dealkylation sites (tertiary alicyclic amines) is 1. The molecule has 0 saturated carbocycles. The fourth-order valence-corrected chi connectivity index (χ4v) is 2.64. The molecule has 1 fully saturated rings. The number of nitrogens with one attached hydrogen (secondary N) is 1. The molecule has 1 saturated heterocycles. The van der Waals surface area contributed by atoms with Crippen LogP contribution in [0.4, 0.5) is 0 Å². The van der Waals surface area contributed by atoms with Crippen molar-refractivity contribution in [3.63, 3.8) is 0 Å². The number of aliphatic imine (C=N–C) groups is 1. The van der Waals surface area contributed by atoms with Crippen molar-refractivity contribution in [3.05, 3.63) is 29.8 Å². The van der Waals surface area contributed by atoms with Crippen molar-refractivity contribution in [2.24, 2.45) is 16.6 Å². The number of hydrogen-bond donors (Lipinski definition) is 2. The summed E-state index contributed by atoms with van der Waals surface area (Å²) in [5.74, 6) is 1.92. The van der Waals surface area contributed by atoms with Crippen molar-refractivity contribution >= 4 is 35.8 Å². The third kappa shape index (κ3) is 7.50. The molecule has 6 nitrogen and oxygen atoms in total. The van der Waals surface area contributed by atoms with Crippen molar-refractivity contribution in [1.29, 1.82) is 0 Å². The van der Waals surface area contributed by atoms with Gasteiger partial charge in [-0.15, -0.1) is 24.0 Å². The molecule has 1 aliphatic heterocycles. The number of nitrogens with zero attached hydrogens (tertiary/aromatic N) is 2. The van der Waals surface area contributed by atoms with Crippen molar-refractivity contribution < 1.29 is 9.53 Å². The van der Waals surface area contributed by atoms with Gasteiger partial charge in [0.1, 0.15) is 5.75 Å². The van der Waals surface area contributed by atoms with Gasteiger partial charge in [-0.3, -0.25) is 4.79 Å². The van der Waals surface area contributed by atoms with Gasteiger partial charge in [0.2, 0.25) is 0 Å². The van der Waals surface area contributed by atoms with Gasteiger partial charge in [-0.1, -0.05) is 19.1 Å². The molecule has 0 aromatic heterocycles. The molecular formula is C18H29IN4O2. The minimum Gasteiger partial charge on any atom is -0.484 e. The third-order valence-electron chi connectivity index (χ3n) is 4.17.